The van der Waals surface area contributed by atoms with Crippen LogP contribution in [-0.4, -0.2) is 45.5 Å². The highest BCUT2D eigenvalue weighted by Gasteiger charge is 2.34. The lowest BCUT2D eigenvalue weighted by molar-refractivity contribution is -0.125. The monoisotopic (exact) mass is 381 g/mol. The van der Waals surface area contributed by atoms with Crippen molar-refractivity contribution in [3.05, 3.63) is 36.7 Å². The second-order valence-corrected chi connectivity index (χ2v) is 7.49. The largest absolute Gasteiger partial charge is 0.353 e. The molecule has 2 aliphatic rings. The van der Waals surface area contributed by atoms with E-state index in [1.165, 1.54) is 0 Å². The zero-order valence-electron chi connectivity index (χ0n) is 16.1. The molecule has 1 saturated heterocycles. The zero-order valence-corrected chi connectivity index (χ0v) is 16.1. The van der Waals surface area contributed by atoms with Gasteiger partial charge in [-0.3, -0.25) is 20.6 Å². The summed E-state index contributed by atoms with van der Waals surface area (Å²) in [5.41, 5.74) is 7.90. The lowest BCUT2D eigenvalue weighted by Crippen LogP contribution is -2.43. The molecule has 2 aromatic heterocycles. The summed E-state index contributed by atoms with van der Waals surface area (Å²) in [6.07, 6.45) is 7.27. The summed E-state index contributed by atoms with van der Waals surface area (Å²) in [5, 5.41) is 6.65. The quantitative estimate of drug-likeness (QED) is 0.601. The molecule has 2 fully saturated rings. The molecule has 28 heavy (non-hydrogen) atoms. The Labute approximate surface area is 164 Å². The molecule has 0 aromatic carbocycles. The number of rotatable bonds is 6. The predicted octanol–water partition coefficient (Wildman–Crippen LogP) is 1.49. The van der Waals surface area contributed by atoms with Crippen molar-refractivity contribution in [2.24, 2.45) is 5.92 Å². The number of nitrogens with one attached hydrogen (secondary N) is 4. The fraction of sp³-hybridized carbons (Fsp3) is 0.500. The van der Waals surface area contributed by atoms with E-state index >= 15 is 0 Å². The molecule has 8 heteroatoms. The Kier molecular flexibility index (Phi) is 5.78. The molecule has 2 aromatic rings. The van der Waals surface area contributed by atoms with Crippen molar-refractivity contribution in [3.63, 3.8) is 0 Å². The SMILES string of the molecule is CCC1NNCC1C(=O)N[C@H]1CC[C@H](Nc2nccc(-c3ccccn3)n2)C1. The summed E-state index contributed by atoms with van der Waals surface area (Å²) < 4.78 is 0. The van der Waals surface area contributed by atoms with Gasteiger partial charge in [0.1, 0.15) is 0 Å². The Morgan fingerprint density at radius 1 is 1.14 bits per heavy atom. The minimum Gasteiger partial charge on any atom is -0.353 e. The molecule has 4 atom stereocenters. The standard InChI is InChI=1S/C20H27N7O/c1-2-16-15(12-23-27-16)19(28)24-13-6-7-14(11-13)25-20-22-10-8-18(26-20)17-5-3-4-9-21-17/h3-5,8-10,13-16,23,27H,2,6-7,11-12H2,1H3,(H,24,28)(H,22,25,26)/t13-,14-,15?,16?/m0/s1. The van der Waals surface area contributed by atoms with E-state index in [0.29, 0.717) is 12.5 Å². The van der Waals surface area contributed by atoms with E-state index in [4.69, 9.17) is 0 Å². The van der Waals surface area contributed by atoms with Gasteiger partial charge in [-0.15, -0.1) is 0 Å². The van der Waals surface area contributed by atoms with E-state index in [-0.39, 0.29) is 30.0 Å². The molecule has 1 aliphatic carbocycles. The predicted molar refractivity (Wildman–Crippen MR) is 107 cm³/mol. The highest BCUT2D eigenvalue weighted by Crippen LogP contribution is 2.24. The molecular weight excluding hydrogens is 354 g/mol. The fourth-order valence-electron chi connectivity index (χ4n) is 4.02. The van der Waals surface area contributed by atoms with E-state index < -0.39 is 0 Å². The maximum atomic E-state index is 12.6. The third-order valence-electron chi connectivity index (χ3n) is 5.57. The first-order valence-corrected chi connectivity index (χ1v) is 10.0. The minimum atomic E-state index is -0.00426. The van der Waals surface area contributed by atoms with Crippen LogP contribution in [-0.2, 0) is 4.79 Å². The van der Waals surface area contributed by atoms with Gasteiger partial charge in [-0.05, 0) is 43.9 Å². The number of pyridine rings is 1. The van der Waals surface area contributed by atoms with E-state index in [1.807, 2.05) is 24.3 Å². The average Bonchev–Trinajstić information content (AvgIpc) is 3.38. The first kappa shape index (κ1) is 18.8. The van der Waals surface area contributed by atoms with Crippen LogP contribution in [0.5, 0.6) is 0 Å². The summed E-state index contributed by atoms with van der Waals surface area (Å²) >= 11 is 0. The van der Waals surface area contributed by atoms with Crippen molar-refractivity contribution in [1.29, 1.82) is 0 Å². The molecule has 4 N–H and O–H groups in total. The fourth-order valence-corrected chi connectivity index (χ4v) is 4.02. The second-order valence-electron chi connectivity index (χ2n) is 7.49. The van der Waals surface area contributed by atoms with Gasteiger partial charge < -0.3 is 10.6 Å². The Balaban J connectivity index is 1.32. The van der Waals surface area contributed by atoms with Gasteiger partial charge in [0, 0.05) is 37.1 Å². The van der Waals surface area contributed by atoms with Gasteiger partial charge in [-0.2, -0.15) is 0 Å². The molecule has 0 spiro atoms. The van der Waals surface area contributed by atoms with Gasteiger partial charge in [-0.1, -0.05) is 13.0 Å². The molecule has 1 aliphatic heterocycles. The van der Waals surface area contributed by atoms with Crippen molar-refractivity contribution < 1.29 is 4.79 Å². The van der Waals surface area contributed by atoms with Crippen molar-refractivity contribution in [2.45, 2.75) is 50.7 Å². The van der Waals surface area contributed by atoms with Gasteiger partial charge in [0.2, 0.25) is 11.9 Å². The normalized spacial score (nSPS) is 26.9. The summed E-state index contributed by atoms with van der Waals surface area (Å²) in [5.74, 6) is 0.745. The topological polar surface area (TPSA) is 104 Å². The minimum absolute atomic E-state index is 0.00426. The Morgan fingerprint density at radius 2 is 2.04 bits per heavy atom. The summed E-state index contributed by atoms with van der Waals surface area (Å²) in [6, 6.07) is 8.28. The highest BCUT2D eigenvalue weighted by molar-refractivity contribution is 5.80. The van der Waals surface area contributed by atoms with Crippen LogP contribution in [0.1, 0.15) is 32.6 Å². The Morgan fingerprint density at radius 3 is 2.86 bits per heavy atom. The van der Waals surface area contributed by atoms with Crippen molar-refractivity contribution in [1.82, 2.24) is 31.1 Å². The van der Waals surface area contributed by atoms with Crippen LogP contribution in [0.4, 0.5) is 5.95 Å². The van der Waals surface area contributed by atoms with Crippen LogP contribution in [0.25, 0.3) is 11.4 Å². The Bertz CT molecular complexity index is 800. The van der Waals surface area contributed by atoms with E-state index in [0.717, 1.165) is 37.1 Å². The number of amides is 1. The lowest BCUT2D eigenvalue weighted by atomic mass is 9.98. The van der Waals surface area contributed by atoms with Gasteiger partial charge in [0.25, 0.3) is 0 Å². The molecule has 148 valence electrons. The summed E-state index contributed by atoms with van der Waals surface area (Å²) in [4.78, 5) is 25.9. The third kappa shape index (κ3) is 4.28. The number of carbonyl (C=O) groups excluding carboxylic acids is 1. The number of anilines is 1. The third-order valence-corrected chi connectivity index (χ3v) is 5.57. The van der Waals surface area contributed by atoms with Gasteiger partial charge >= 0.3 is 0 Å². The molecule has 0 bridgehead atoms. The van der Waals surface area contributed by atoms with Crippen molar-refractivity contribution >= 4 is 11.9 Å². The maximum absolute atomic E-state index is 12.6. The van der Waals surface area contributed by atoms with E-state index in [9.17, 15) is 4.79 Å². The van der Waals surface area contributed by atoms with E-state index in [2.05, 4.69) is 43.4 Å². The maximum Gasteiger partial charge on any atom is 0.226 e. The molecule has 8 nitrogen and oxygen atoms in total. The number of nitrogens with zero attached hydrogens (tertiary/aromatic N) is 3. The number of hydrogen-bond acceptors (Lipinski definition) is 7. The highest BCUT2D eigenvalue weighted by atomic mass is 16.2. The lowest BCUT2D eigenvalue weighted by Gasteiger charge is -2.20. The number of hydrazine groups is 1. The van der Waals surface area contributed by atoms with E-state index in [1.54, 1.807) is 12.4 Å². The summed E-state index contributed by atoms with van der Waals surface area (Å²) in [6.45, 7) is 2.78. The molecule has 1 amide bonds. The van der Waals surface area contributed by atoms with Crippen molar-refractivity contribution in [2.75, 3.05) is 11.9 Å². The first-order chi connectivity index (χ1) is 13.7. The smallest absolute Gasteiger partial charge is 0.226 e. The van der Waals surface area contributed by atoms with Crippen LogP contribution >= 0.6 is 0 Å². The Hall–Kier alpha value is -2.58. The first-order valence-electron chi connectivity index (χ1n) is 10.0. The van der Waals surface area contributed by atoms with Gasteiger partial charge in [-0.25, -0.2) is 9.97 Å². The molecular formula is C20H27N7O. The molecule has 1 saturated carbocycles. The van der Waals surface area contributed by atoms with Crippen LogP contribution in [0.15, 0.2) is 36.7 Å². The van der Waals surface area contributed by atoms with Crippen LogP contribution in [0, 0.1) is 5.92 Å². The zero-order chi connectivity index (χ0) is 19.3. The van der Waals surface area contributed by atoms with Crippen LogP contribution in [0.2, 0.25) is 0 Å². The molecule has 3 heterocycles. The van der Waals surface area contributed by atoms with Gasteiger partial charge in [0.05, 0.1) is 17.3 Å². The number of hydrogen-bond donors (Lipinski definition) is 4. The molecule has 2 unspecified atom stereocenters. The number of aromatic nitrogens is 3. The van der Waals surface area contributed by atoms with Crippen LogP contribution in [0.3, 0.4) is 0 Å². The molecule has 0 radical (unpaired) electrons. The molecule has 4 rings (SSSR count). The van der Waals surface area contributed by atoms with Crippen LogP contribution < -0.4 is 21.5 Å². The number of carbonyl (C=O) groups is 1. The second kappa shape index (κ2) is 8.62. The van der Waals surface area contributed by atoms with Gasteiger partial charge in [0.15, 0.2) is 0 Å². The summed E-state index contributed by atoms with van der Waals surface area (Å²) in [7, 11) is 0. The van der Waals surface area contributed by atoms with Crippen molar-refractivity contribution in [3.8, 4) is 11.4 Å². The average molecular weight is 381 g/mol.